The van der Waals surface area contributed by atoms with Crippen LogP contribution in [0.3, 0.4) is 0 Å². The first-order valence-corrected chi connectivity index (χ1v) is 45.3. The minimum atomic E-state index is -3.75. The van der Waals surface area contributed by atoms with Gasteiger partial charge < -0.3 is 18.9 Å². The second-order valence-electron chi connectivity index (χ2n) is 27.7. The molecular formula is C88H112Br2I2Li2O8S2. The van der Waals surface area contributed by atoms with E-state index < -0.39 is 19.7 Å². The maximum absolute atomic E-state index is 14.6. The summed E-state index contributed by atoms with van der Waals surface area (Å²) < 4.78 is 80.4. The van der Waals surface area contributed by atoms with Crippen molar-refractivity contribution in [2.45, 2.75) is 239 Å². The number of ether oxygens (including phenoxy) is 4. The fraction of sp³-hybridized carbons (Fsp3) is 0.455. The first-order valence-electron chi connectivity index (χ1n) is 37.0. The van der Waals surface area contributed by atoms with Crippen molar-refractivity contribution >= 4 is 96.7 Å². The smallest absolute Gasteiger partial charge is 0.517 e. The van der Waals surface area contributed by atoms with Crippen molar-refractivity contribution in [3.05, 3.63) is 226 Å². The number of aryl methyl sites for hydroxylation is 4. The number of unbranched alkanes of at least 4 members (excludes halogenated alkanes) is 21. The summed E-state index contributed by atoms with van der Waals surface area (Å²) in [5.41, 5.74) is 8.12. The number of rotatable bonds is 43. The summed E-state index contributed by atoms with van der Waals surface area (Å²) in [4.78, 5) is 1.06. The summed E-state index contributed by atoms with van der Waals surface area (Å²) in [6.45, 7) is 12.7. The molecule has 0 atom stereocenters. The molecular weight excluding hydrogens is 1680 g/mol. The summed E-state index contributed by atoms with van der Waals surface area (Å²) in [7, 11) is -4.08. The van der Waals surface area contributed by atoms with Gasteiger partial charge in [0, 0.05) is 27.2 Å². The molecule has 16 heteroatoms. The Hall–Kier alpha value is -3.53. The van der Waals surface area contributed by atoms with Gasteiger partial charge in [-0.3, -0.25) is 0 Å². The van der Waals surface area contributed by atoms with E-state index in [4.69, 9.17) is 18.9 Å². The van der Waals surface area contributed by atoms with E-state index in [2.05, 4.69) is 166 Å². The minimum absolute atomic E-state index is 0. The van der Waals surface area contributed by atoms with E-state index in [0.29, 0.717) is 33.5 Å². The Kier molecular flexibility index (Phi) is 44.9. The van der Waals surface area contributed by atoms with E-state index in [1.54, 1.807) is 44.6 Å². The van der Waals surface area contributed by atoms with Gasteiger partial charge in [0.2, 0.25) is 9.84 Å². The molecule has 554 valence electrons. The number of sulfone groups is 2. The Bertz CT molecular complexity index is 3890. The minimum Gasteiger partial charge on any atom is -0.517 e. The third-order valence-electron chi connectivity index (χ3n) is 19.0. The molecule has 0 aliphatic carbocycles. The van der Waals surface area contributed by atoms with Crippen LogP contribution in [-0.4, -0.2) is 50.6 Å². The Morgan fingerprint density at radius 1 is 0.346 bits per heavy atom. The fourth-order valence-electron chi connectivity index (χ4n) is 12.5. The molecule has 0 saturated carbocycles. The average Bonchev–Trinajstić information content (AvgIpc) is 0.773. The summed E-state index contributed by atoms with van der Waals surface area (Å²) in [6, 6.07) is 59.2. The largest absolute Gasteiger partial charge is 1.00 e. The Morgan fingerprint density at radius 2 is 0.654 bits per heavy atom. The zero-order chi connectivity index (χ0) is 73.6. The number of methoxy groups -OCH3 is 2. The van der Waals surface area contributed by atoms with Crippen molar-refractivity contribution in [2.75, 3.05) is 33.7 Å². The first kappa shape index (κ1) is 92.9. The molecule has 8 nitrogen and oxygen atoms in total. The molecule has 8 aromatic rings. The van der Waals surface area contributed by atoms with Crippen molar-refractivity contribution in [1.29, 1.82) is 0 Å². The molecule has 0 aliphatic heterocycles. The number of hydrogen-bond donors (Lipinski definition) is 0. The maximum atomic E-state index is 14.6. The molecule has 0 radical (unpaired) electrons. The Morgan fingerprint density at radius 3 is 1.01 bits per heavy atom. The predicted octanol–water partition coefficient (Wildman–Crippen LogP) is 20.6. The first-order chi connectivity index (χ1) is 49.2. The van der Waals surface area contributed by atoms with E-state index in [9.17, 15) is 16.8 Å². The van der Waals surface area contributed by atoms with Gasteiger partial charge in [-0.05, 0) is 183 Å². The van der Waals surface area contributed by atoms with Crippen LogP contribution in [0.1, 0.15) is 226 Å². The number of halogens is 4. The zero-order valence-electron chi connectivity index (χ0n) is 64.0. The molecule has 0 saturated heterocycles. The van der Waals surface area contributed by atoms with Gasteiger partial charge in [0.1, 0.15) is 28.7 Å². The summed E-state index contributed by atoms with van der Waals surface area (Å²) >= 11 is 12.0. The van der Waals surface area contributed by atoms with Crippen LogP contribution in [0.15, 0.2) is 189 Å². The summed E-state index contributed by atoms with van der Waals surface area (Å²) in [5.74, 6) is 4.22. The Balaban J connectivity index is 0.000000402. The van der Waals surface area contributed by atoms with Gasteiger partial charge in [-0.15, -0.1) is 18.2 Å². The van der Waals surface area contributed by atoms with Gasteiger partial charge in [-0.25, -0.2) is 16.8 Å². The molecule has 0 amide bonds. The molecule has 0 unspecified atom stereocenters. The van der Waals surface area contributed by atoms with Crippen molar-refractivity contribution in [2.24, 2.45) is 0 Å². The van der Waals surface area contributed by atoms with Crippen molar-refractivity contribution in [1.82, 2.24) is 0 Å². The predicted molar refractivity (Wildman–Crippen MR) is 451 cm³/mol. The van der Waals surface area contributed by atoms with Crippen LogP contribution < -0.4 is 56.7 Å². The quantitative estimate of drug-likeness (QED) is 0.0122. The van der Waals surface area contributed by atoms with Crippen LogP contribution in [0.5, 0.6) is 34.5 Å². The number of benzene rings is 8. The molecule has 8 aromatic carbocycles. The van der Waals surface area contributed by atoms with Crippen molar-refractivity contribution in [3.63, 3.8) is 0 Å². The van der Waals surface area contributed by atoms with Gasteiger partial charge in [0.15, 0.2) is 9.84 Å². The molecule has 8 rings (SSSR count). The van der Waals surface area contributed by atoms with Gasteiger partial charge in [-0.1, -0.05) is 293 Å². The molecule has 0 spiro atoms. The van der Waals surface area contributed by atoms with Crippen LogP contribution in [0, 0.1) is 26.0 Å². The molecule has 0 N–H and O–H groups in total. The molecule has 104 heavy (non-hydrogen) atoms. The Labute approximate surface area is 696 Å². The van der Waals surface area contributed by atoms with Gasteiger partial charge in [0.25, 0.3) is 0 Å². The van der Waals surface area contributed by atoms with Crippen LogP contribution in [0.25, 0.3) is 0 Å². The molecule has 0 bridgehead atoms. The second-order valence-corrected chi connectivity index (χ2v) is 35.2. The van der Waals surface area contributed by atoms with E-state index in [1.165, 1.54) is 166 Å². The van der Waals surface area contributed by atoms with Crippen LogP contribution in [-0.2, 0) is 43.3 Å². The topological polar surface area (TPSA) is 105 Å². The van der Waals surface area contributed by atoms with Crippen LogP contribution in [0.4, 0.5) is 0 Å². The fourth-order valence-corrected chi connectivity index (χ4v) is 17.2. The summed E-state index contributed by atoms with van der Waals surface area (Å²) in [5, 5.41) is 2.17. The van der Waals surface area contributed by atoms with Gasteiger partial charge in [-0.2, -0.15) is 35.9 Å². The van der Waals surface area contributed by atoms with E-state index in [1.807, 2.05) is 91.9 Å². The second kappa shape index (κ2) is 50.3. The number of hydrogen-bond acceptors (Lipinski definition) is 8. The standard InChI is InChI=1S/C49H66Br2O4S.C29H26O4S.C10H20I2.2Li/c1-39-23-33-47(40(37-39)21-17-13-9-5-7-11-15-19-35-50)56(52,53)48-34-32-46(38-41(48)22-18-14-10-6-8-12-16-20-36-51)55-45-30-26-43(27-31-45)49(2,3)42-24-28-44(54-4)29-25-42;1-21-5-17-27(18-6-21)34(30,31)28-19-15-26(16-20-28)33-25-13-9-23(10-14-25)29(2,3)22-7-11-24(32-4)12-8-22;11-9-7-5-3-1-2-4-6-8-10-12;;/h23-34,37-38H,5-22,35-36H2,1-4H3;5-17,19H,1-4H3;1-10H2;;/q;-2;;2*+1. The third kappa shape index (κ3) is 31.1. The zero-order valence-corrected chi connectivity index (χ0v) is 73.1. The molecule has 0 aliphatic rings. The number of alkyl halides is 4. The van der Waals surface area contributed by atoms with Crippen molar-refractivity contribution < 1.29 is 73.5 Å². The molecule has 0 aromatic heterocycles. The van der Waals surface area contributed by atoms with E-state index in [0.717, 1.165) is 87.8 Å². The normalized spacial score (nSPS) is 11.5. The van der Waals surface area contributed by atoms with Gasteiger partial charge in [0.05, 0.1) is 24.0 Å². The van der Waals surface area contributed by atoms with Gasteiger partial charge >= 0.3 is 37.7 Å². The van der Waals surface area contributed by atoms with Crippen molar-refractivity contribution in [3.8, 4) is 34.5 Å². The van der Waals surface area contributed by atoms with Crippen LogP contribution >= 0.6 is 77.0 Å². The van der Waals surface area contributed by atoms with E-state index >= 15 is 0 Å². The molecule has 0 fully saturated rings. The van der Waals surface area contributed by atoms with E-state index in [-0.39, 0.29) is 58.3 Å². The monoisotopic (exact) mass is 1790 g/mol. The SMILES string of the molecule is COc1ccc(C(C)(C)c2ccc(Oc3c[c-]c(S(=O)(=O)c4[c-]cc(C)cc4)cc3)cc2)cc1.COc1ccc(C(C)(C)c2ccc(Oc3ccc(S(=O)(=O)c4ccc(C)cc4CCCCCCCCCCBr)c(CCCCCCCCCCBr)c3)cc2)cc1.ICCCCCCCCCCI.[Li+].[Li+]. The summed E-state index contributed by atoms with van der Waals surface area (Å²) in [6.07, 6.45) is 32.3. The third-order valence-corrected chi connectivity index (χ3v) is 25.3. The average molecular weight is 1790 g/mol. The molecule has 0 heterocycles. The maximum Gasteiger partial charge on any atom is 1.00 e. The van der Waals surface area contributed by atoms with Crippen LogP contribution in [0.2, 0.25) is 0 Å².